The van der Waals surface area contributed by atoms with Gasteiger partial charge in [0.1, 0.15) is 5.82 Å². The highest BCUT2D eigenvalue weighted by Crippen LogP contribution is 2.44. The number of amides is 1. The Bertz CT molecular complexity index is 1200. The summed E-state index contributed by atoms with van der Waals surface area (Å²) < 4.78 is 26.2. The second-order valence-corrected chi connectivity index (χ2v) is 9.93. The Morgan fingerprint density at radius 3 is 2.26 bits per heavy atom. The summed E-state index contributed by atoms with van der Waals surface area (Å²) in [6, 6.07) is 15.2. The molecular weight excluding hydrogens is 453 g/mol. The van der Waals surface area contributed by atoms with Gasteiger partial charge in [-0.05, 0) is 64.9 Å². The Labute approximate surface area is 205 Å². The van der Waals surface area contributed by atoms with Crippen LogP contribution in [0.5, 0.6) is 11.5 Å². The summed E-state index contributed by atoms with van der Waals surface area (Å²) in [4.78, 5) is 15.5. The van der Waals surface area contributed by atoms with Crippen molar-refractivity contribution in [2.75, 3.05) is 20.8 Å². The van der Waals surface area contributed by atoms with Crippen LogP contribution in [0.4, 0.5) is 4.39 Å². The quantitative estimate of drug-likeness (QED) is 0.422. The zero-order valence-corrected chi connectivity index (χ0v) is 20.9. The van der Waals surface area contributed by atoms with Gasteiger partial charge in [0.15, 0.2) is 11.5 Å². The number of benzene rings is 3. The maximum absolute atomic E-state index is 15.2. The highest BCUT2D eigenvalue weighted by atomic mass is 35.5. The molecule has 0 bridgehead atoms. The van der Waals surface area contributed by atoms with E-state index in [1.165, 1.54) is 6.07 Å². The van der Waals surface area contributed by atoms with Gasteiger partial charge in [-0.15, -0.1) is 0 Å². The summed E-state index contributed by atoms with van der Waals surface area (Å²) in [5.41, 5.74) is 3.68. The molecule has 4 rings (SSSR count). The fraction of sp³-hybridized carbons (Fsp3) is 0.321. The van der Waals surface area contributed by atoms with Crippen LogP contribution in [-0.2, 0) is 11.8 Å². The fourth-order valence-electron chi connectivity index (χ4n) is 4.53. The van der Waals surface area contributed by atoms with Gasteiger partial charge in [0.2, 0.25) is 0 Å². The van der Waals surface area contributed by atoms with Crippen molar-refractivity contribution in [1.82, 2.24) is 4.90 Å². The molecule has 0 saturated carbocycles. The highest BCUT2D eigenvalue weighted by molar-refractivity contribution is 6.31. The molecule has 0 aliphatic carbocycles. The first kappa shape index (κ1) is 24.1. The molecule has 1 amide bonds. The molecule has 0 N–H and O–H groups in total. The lowest BCUT2D eigenvalue weighted by Crippen LogP contribution is -2.41. The minimum absolute atomic E-state index is 0.0233. The van der Waals surface area contributed by atoms with E-state index in [0.717, 1.165) is 16.7 Å². The van der Waals surface area contributed by atoms with Crippen LogP contribution in [0.25, 0.3) is 0 Å². The van der Waals surface area contributed by atoms with Gasteiger partial charge in [0.25, 0.3) is 5.91 Å². The molecule has 1 heterocycles. The average Bonchev–Trinajstić information content (AvgIpc) is 2.82. The maximum atomic E-state index is 15.2. The molecule has 0 aromatic heterocycles. The number of carbonyl (C=O) groups excluding carboxylic acids is 1. The van der Waals surface area contributed by atoms with Crippen molar-refractivity contribution in [3.63, 3.8) is 0 Å². The number of ether oxygens (including phenoxy) is 2. The molecule has 0 saturated heterocycles. The Balaban J connectivity index is 1.85. The van der Waals surface area contributed by atoms with E-state index < -0.39 is 11.9 Å². The first-order chi connectivity index (χ1) is 16.2. The van der Waals surface area contributed by atoms with E-state index in [4.69, 9.17) is 21.1 Å². The zero-order valence-electron chi connectivity index (χ0n) is 20.1. The fourth-order valence-corrected chi connectivity index (χ4v) is 4.79. The van der Waals surface area contributed by atoms with Gasteiger partial charge < -0.3 is 14.4 Å². The second-order valence-electron chi connectivity index (χ2n) is 9.52. The molecule has 0 unspecified atom stereocenters. The van der Waals surface area contributed by atoms with E-state index in [0.29, 0.717) is 30.0 Å². The summed E-state index contributed by atoms with van der Waals surface area (Å²) in [6.07, 6.45) is 0.601. The zero-order chi connectivity index (χ0) is 24.6. The van der Waals surface area contributed by atoms with E-state index in [9.17, 15) is 4.79 Å². The van der Waals surface area contributed by atoms with Crippen molar-refractivity contribution in [3.05, 3.63) is 93.3 Å². The minimum Gasteiger partial charge on any atom is -0.493 e. The predicted octanol–water partition coefficient (Wildman–Crippen LogP) is 6.58. The lowest BCUT2D eigenvalue weighted by atomic mass is 9.85. The number of methoxy groups -OCH3 is 2. The Morgan fingerprint density at radius 2 is 1.68 bits per heavy atom. The molecule has 3 aromatic carbocycles. The molecule has 0 radical (unpaired) electrons. The van der Waals surface area contributed by atoms with Crippen molar-refractivity contribution in [2.24, 2.45) is 0 Å². The third-order valence-electron chi connectivity index (χ3n) is 6.41. The SMILES string of the molecule is COc1cc2c(cc1OC)[C@H](c1c(F)cccc1Cl)N(C(=O)c1ccc(C(C)(C)C)cc1)CC2. The summed E-state index contributed by atoms with van der Waals surface area (Å²) in [5, 5.41) is 0.272. The van der Waals surface area contributed by atoms with Crippen LogP contribution in [0, 0.1) is 5.82 Å². The number of nitrogens with zero attached hydrogens (tertiary/aromatic N) is 1. The van der Waals surface area contributed by atoms with Crippen LogP contribution in [0.2, 0.25) is 5.02 Å². The summed E-state index contributed by atoms with van der Waals surface area (Å²) in [5.74, 6) is 0.478. The van der Waals surface area contributed by atoms with Gasteiger partial charge in [-0.1, -0.05) is 50.6 Å². The Kier molecular flexibility index (Phi) is 6.59. The summed E-state index contributed by atoms with van der Waals surface area (Å²) in [6.45, 7) is 6.80. The second kappa shape index (κ2) is 9.30. The lowest BCUT2D eigenvalue weighted by molar-refractivity contribution is 0.0691. The van der Waals surface area contributed by atoms with Gasteiger partial charge in [-0.2, -0.15) is 0 Å². The predicted molar refractivity (Wildman–Crippen MR) is 133 cm³/mol. The van der Waals surface area contributed by atoms with Gasteiger partial charge in [0.05, 0.1) is 20.3 Å². The van der Waals surface area contributed by atoms with Gasteiger partial charge in [-0.25, -0.2) is 4.39 Å². The number of carbonyl (C=O) groups is 1. The largest absolute Gasteiger partial charge is 0.493 e. The van der Waals surface area contributed by atoms with Gasteiger partial charge in [0, 0.05) is 22.7 Å². The molecule has 6 heteroatoms. The standard InChI is InChI=1S/C28H29ClFNO3/c1-28(2,3)19-11-9-17(10-12-19)27(32)31-14-13-18-15-23(33-4)24(34-5)16-20(18)26(31)25-21(29)7-6-8-22(25)30/h6-12,15-16,26H,13-14H2,1-5H3/t26-/m1/s1. The third-order valence-corrected chi connectivity index (χ3v) is 6.74. The average molecular weight is 482 g/mol. The molecule has 3 aromatic rings. The van der Waals surface area contributed by atoms with E-state index in [2.05, 4.69) is 20.8 Å². The minimum atomic E-state index is -0.702. The van der Waals surface area contributed by atoms with Crippen molar-refractivity contribution < 1.29 is 18.7 Å². The van der Waals surface area contributed by atoms with Gasteiger partial charge in [-0.3, -0.25) is 4.79 Å². The maximum Gasteiger partial charge on any atom is 0.254 e. The summed E-state index contributed by atoms with van der Waals surface area (Å²) in [7, 11) is 3.13. The normalized spacial score (nSPS) is 15.6. The molecular formula is C28H29ClFNO3. The van der Waals surface area contributed by atoms with Crippen LogP contribution >= 0.6 is 11.6 Å². The van der Waals surface area contributed by atoms with Crippen LogP contribution < -0.4 is 9.47 Å². The lowest BCUT2D eigenvalue weighted by Gasteiger charge is -2.38. The molecule has 178 valence electrons. The smallest absolute Gasteiger partial charge is 0.254 e. The van der Waals surface area contributed by atoms with Crippen molar-refractivity contribution in [2.45, 2.75) is 38.6 Å². The van der Waals surface area contributed by atoms with Crippen LogP contribution in [-0.4, -0.2) is 31.6 Å². The topological polar surface area (TPSA) is 38.8 Å². The Morgan fingerprint density at radius 1 is 1.03 bits per heavy atom. The van der Waals surface area contributed by atoms with Crippen LogP contribution in [0.15, 0.2) is 54.6 Å². The molecule has 4 nitrogen and oxygen atoms in total. The molecule has 1 atom stereocenters. The van der Waals surface area contributed by atoms with E-state index in [1.54, 1.807) is 31.3 Å². The first-order valence-electron chi connectivity index (χ1n) is 11.3. The molecule has 1 aliphatic rings. The van der Waals surface area contributed by atoms with Crippen molar-refractivity contribution in [3.8, 4) is 11.5 Å². The number of hydrogen-bond acceptors (Lipinski definition) is 3. The van der Waals surface area contributed by atoms with Crippen molar-refractivity contribution >= 4 is 17.5 Å². The van der Waals surface area contributed by atoms with E-state index >= 15 is 4.39 Å². The Hall–Kier alpha value is -3.05. The molecule has 34 heavy (non-hydrogen) atoms. The third kappa shape index (κ3) is 4.37. The molecule has 0 spiro atoms. The van der Waals surface area contributed by atoms with Crippen LogP contribution in [0.1, 0.15) is 59.4 Å². The van der Waals surface area contributed by atoms with Crippen LogP contribution in [0.3, 0.4) is 0 Å². The number of rotatable bonds is 4. The number of fused-ring (bicyclic) bond motifs is 1. The molecule has 1 aliphatic heterocycles. The number of hydrogen-bond donors (Lipinski definition) is 0. The number of halogens is 2. The monoisotopic (exact) mass is 481 g/mol. The summed E-state index contributed by atoms with van der Waals surface area (Å²) >= 11 is 6.51. The molecule has 0 fully saturated rings. The van der Waals surface area contributed by atoms with E-state index in [1.807, 2.05) is 36.4 Å². The first-order valence-corrected chi connectivity index (χ1v) is 11.6. The van der Waals surface area contributed by atoms with E-state index in [-0.39, 0.29) is 21.9 Å². The highest BCUT2D eigenvalue weighted by Gasteiger charge is 2.36. The van der Waals surface area contributed by atoms with Crippen molar-refractivity contribution in [1.29, 1.82) is 0 Å². The van der Waals surface area contributed by atoms with Gasteiger partial charge >= 0.3 is 0 Å².